The number of rotatable bonds is 5. The van der Waals surface area contributed by atoms with Gasteiger partial charge in [0.15, 0.2) is 0 Å². The zero-order valence-corrected chi connectivity index (χ0v) is 20.2. The van der Waals surface area contributed by atoms with Gasteiger partial charge in [0.2, 0.25) is 10.0 Å². The van der Waals surface area contributed by atoms with Crippen LogP contribution < -0.4 is 10.0 Å². The molecule has 0 saturated heterocycles. The molecule has 8 heteroatoms. The molecule has 1 aliphatic heterocycles. The number of anilines is 1. The Morgan fingerprint density at radius 2 is 2.03 bits per heavy atom. The smallest absolute Gasteiger partial charge is 0.240 e. The van der Waals surface area contributed by atoms with E-state index in [0.29, 0.717) is 16.6 Å². The number of sulfonamides is 1. The van der Waals surface area contributed by atoms with Gasteiger partial charge in [-0.25, -0.2) is 17.5 Å². The van der Waals surface area contributed by atoms with E-state index in [1.54, 1.807) is 24.3 Å². The molecule has 1 fully saturated rings. The molecule has 1 heterocycles. The molecule has 2 aromatic rings. The third-order valence-electron chi connectivity index (χ3n) is 5.99. The molecule has 2 aliphatic rings. The van der Waals surface area contributed by atoms with Crippen LogP contribution in [-0.2, 0) is 15.4 Å². The molecule has 1 aliphatic carbocycles. The standard InChI is InChI=1S/C21H21BrFIN2O2S/c1-13-3-2-4-19-21(13,17-11-14(22)12-18(23)20(17)26-19)9-10-25-29(27,28)16-7-5-15(24)6-8-16/h5-8,11-12,19,25-26H,1-4,9-10H2/t19-,21-/m0/s1. The summed E-state index contributed by atoms with van der Waals surface area (Å²) in [7, 11) is -3.61. The van der Waals surface area contributed by atoms with Crippen LogP contribution in [0.25, 0.3) is 0 Å². The Balaban J connectivity index is 1.62. The van der Waals surface area contributed by atoms with Gasteiger partial charge in [-0.1, -0.05) is 28.1 Å². The Morgan fingerprint density at radius 3 is 2.76 bits per heavy atom. The lowest BCUT2D eigenvalue weighted by Crippen LogP contribution is -2.45. The second-order valence-corrected chi connectivity index (χ2v) is 11.5. The molecule has 2 aromatic carbocycles. The van der Waals surface area contributed by atoms with Gasteiger partial charge in [0, 0.05) is 26.0 Å². The van der Waals surface area contributed by atoms with Crippen LogP contribution in [0.3, 0.4) is 0 Å². The Bertz CT molecular complexity index is 1070. The van der Waals surface area contributed by atoms with Crippen LogP contribution in [0.5, 0.6) is 0 Å². The first-order valence-corrected chi connectivity index (χ1v) is 12.8. The van der Waals surface area contributed by atoms with E-state index >= 15 is 0 Å². The summed E-state index contributed by atoms with van der Waals surface area (Å²) in [5.74, 6) is -0.296. The van der Waals surface area contributed by atoms with Gasteiger partial charge in [0.25, 0.3) is 0 Å². The quantitative estimate of drug-likeness (QED) is 0.365. The molecule has 0 bridgehead atoms. The van der Waals surface area contributed by atoms with E-state index < -0.39 is 15.4 Å². The lowest BCUT2D eigenvalue weighted by molar-refractivity contribution is 0.344. The average molecular weight is 591 g/mol. The first-order chi connectivity index (χ1) is 13.7. The lowest BCUT2D eigenvalue weighted by Gasteiger charge is -2.42. The van der Waals surface area contributed by atoms with Gasteiger partial charge in [0.1, 0.15) is 5.82 Å². The topological polar surface area (TPSA) is 58.2 Å². The Hall–Kier alpha value is -0.970. The van der Waals surface area contributed by atoms with E-state index in [2.05, 4.69) is 55.1 Å². The molecular formula is C21H21BrFIN2O2S. The number of benzene rings is 2. The van der Waals surface area contributed by atoms with E-state index in [1.165, 1.54) is 6.07 Å². The van der Waals surface area contributed by atoms with Gasteiger partial charge in [0.05, 0.1) is 10.6 Å². The molecule has 1 saturated carbocycles. The van der Waals surface area contributed by atoms with Crippen LogP contribution in [0, 0.1) is 9.39 Å². The molecule has 154 valence electrons. The first kappa shape index (κ1) is 21.3. The highest BCUT2D eigenvalue weighted by Crippen LogP contribution is 2.54. The minimum atomic E-state index is -3.61. The third kappa shape index (κ3) is 3.77. The summed E-state index contributed by atoms with van der Waals surface area (Å²) in [5, 5.41) is 3.35. The van der Waals surface area contributed by atoms with Gasteiger partial charge in [-0.3, -0.25) is 0 Å². The molecule has 4 nitrogen and oxygen atoms in total. The molecule has 0 radical (unpaired) electrons. The number of fused-ring (bicyclic) bond motifs is 3. The zero-order chi connectivity index (χ0) is 20.8. The Labute approximate surface area is 192 Å². The summed E-state index contributed by atoms with van der Waals surface area (Å²) in [5.41, 5.74) is 1.94. The van der Waals surface area contributed by atoms with Gasteiger partial charge < -0.3 is 5.32 Å². The highest BCUT2D eigenvalue weighted by atomic mass is 127. The average Bonchev–Trinajstić information content (AvgIpc) is 2.98. The predicted molar refractivity (Wildman–Crippen MR) is 125 cm³/mol. The van der Waals surface area contributed by atoms with Crippen molar-refractivity contribution in [3.63, 3.8) is 0 Å². The van der Waals surface area contributed by atoms with E-state index in [4.69, 9.17) is 0 Å². The first-order valence-electron chi connectivity index (χ1n) is 9.43. The summed E-state index contributed by atoms with van der Waals surface area (Å²) < 4.78 is 44.4. The summed E-state index contributed by atoms with van der Waals surface area (Å²) >= 11 is 5.54. The van der Waals surface area contributed by atoms with Crippen LogP contribution in [0.15, 0.2) is 57.9 Å². The molecule has 29 heavy (non-hydrogen) atoms. The van der Waals surface area contributed by atoms with Crippen molar-refractivity contribution in [2.75, 3.05) is 11.9 Å². The van der Waals surface area contributed by atoms with Crippen LogP contribution in [0.2, 0.25) is 0 Å². The van der Waals surface area contributed by atoms with Crippen molar-refractivity contribution in [2.45, 2.75) is 42.0 Å². The monoisotopic (exact) mass is 590 g/mol. The molecule has 2 atom stereocenters. The maximum atomic E-state index is 14.6. The Kier molecular flexibility index (Phi) is 5.82. The predicted octanol–water partition coefficient (Wildman–Crippen LogP) is 5.33. The number of nitrogens with one attached hydrogen (secondary N) is 2. The normalized spacial score (nSPS) is 23.4. The van der Waals surface area contributed by atoms with Gasteiger partial charge in [-0.05, 0) is 90.2 Å². The maximum absolute atomic E-state index is 14.6. The molecule has 4 rings (SSSR count). The molecule has 0 amide bonds. The van der Waals surface area contributed by atoms with Crippen LogP contribution >= 0.6 is 38.5 Å². The van der Waals surface area contributed by atoms with Crippen LogP contribution in [0.4, 0.5) is 10.1 Å². The Morgan fingerprint density at radius 1 is 1.31 bits per heavy atom. The van der Waals surface area contributed by atoms with Gasteiger partial charge >= 0.3 is 0 Å². The fourth-order valence-electron chi connectivity index (χ4n) is 4.62. The van der Waals surface area contributed by atoms with Crippen molar-refractivity contribution in [2.24, 2.45) is 0 Å². The van der Waals surface area contributed by atoms with E-state index in [0.717, 1.165) is 34.0 Å². The minimum Gasteiger partial charge on any atom is -0.378 e. The summed E-state index contributed by atoms with van der Waals surface area (Å²) in [6.07, 6.45) is 3.27. The second-order valence-electron chi connectivity index (χ2n) is 7.58. The van der Waals surface area contributed by atoms with Crippen LogP contribution in [-0.4, -0.2) is 21.0 Å². The largest absolute Gasteiger partial charge is 0.378 e. The molecule has 2 N–H and O–H groups in total. The van der Waals surface area contributed by atoms with Crippen LogP contribution in [0.1, 0.15) is 31.2 Å². The van der Waals surface area contributed by atoms with Crippen molar-refractivity contribution in [3.8, 4) is 0 Å². The second kappa shape index (κ2) is 7.94. The number of halogens is 3. The molecular weight excluding hydrogens is 570 g/mol. The summed E-state index contributed by atoms with van der Waals surface area (Å²) in [6, 6.07) is 10.2. The van der Waals surface area contributed by atoms with Gasteiger partial charge in [-0.15, -0.1) is 0 Å². The highest BCUT2D eigenvalue weighted by molar-refractivity contribution is 14.1. The van der Waals surface area contributed by atoms with Crippen molar-refractivity contribution in [3.05, 3.63) is 68.0 Å². The fraction of sp³-hybridized carbons (Fsp3) is 0.333. The van der Waals surface area contributed by atoms with E-state index in [9.17, 15) is 12.8 Å². The van der Waals surface area contributed by atoms with Crippen molar-refractivity contribution < 1.29 is 12.8 Å². The number of hydrogen-bond donors (Lipinski definition) is 2. The third-order valence-corrected chi connectivity index (χ3v) is 8.64. The summed E-state index contributed by atoms with van der Waals surface area (Å²) in [6.45, 7) is 4.56. The van der Waals surface area contributed by atoms with Crippen molar-refractivity contribution >= 4 is 54.2 Å². The zero-order valence-electron chi connectivity index (χ0n) is 15.6. The maximum Gasteiger partial charge on any atom is 0.240 e. The van der Waals surface area contributed by atoms with Crippen molar-refractivity contribution in [1.82, 2.24) is 4.72 Å². The van der Waals surface area contributed by atoms with Gasteiger partial charge in [-0.2, -0.15) is 0 Å². The molecule has 0 spiro atoms. The SMILES string of the molecule is C=C1CCC[C@@H]2Nc3c(F)cc(Br)cc3[C@]12CCNS(=O)(=O)c1ccc(I)cc1. The highest BCUT2D eigenvalue weighted by Gasteiger charge is 2.50. The lowest BCUT2D eigenvalue weighted by atomic mass is 9.63. The van der Waals surface area contributed by atoms with E-state index in [1.807, 2.05) is 6.07 Å². The molecule has 0 unspecified atom stereocenters. The van der Waals surface area contributed by atoms with E-state index in [-0.39, 0.29) is 23.3 Å². The molecule has 0 aromatic heterocycles. The minimum absolute atomic E-state index is 0.0188. The summed E-state index contributed by atoms with van der Waals surface area (Å²) in [4.78, 5) is 0.244. The van der Waals surface area contributed by atoms with Crippen molar-refractivity contribution in [1.29, 1.82) is 0 Å². The number of hydrogen-bond acceptors (Lipinski definition) is 3. The fourth-order valence-corrected chi connectivity index (χ4v) is 6.44.